The summed E-state index contributed by atoms with van der Waals surface area (Å²) in [7, 11) is 1.94. The predicted octanol–water partition coefficient (Wildman–Crippen LogP) is 5.30. The third-order valence-corrected chi connectivity index (χ3v) is 4.63. The normalized spacial score (nSPS) is 10.6. The van der Waals surface area contributed by atoms with Crippen molar-refractivity contribution in [3.05, 3.63) is 113 Å². The van der Waals surface area contributed by atoms with Gasteiger partial charge >= 0.3 is 0 Å². The molecule has 28 heavy (non-hydrogen) atoms. The fourth-order valence-corrected chi connectivity index (χ4v) is 3.23. The van der Waals surface area contributed by atoms with E-state index in [-0.39, 0.29) is 5.43 Å². The Bertz CT molecular complexity index is 1130. The van der Waals surface area contributed by atoms with Crippen molar-refractivity contribution in [1.29, 1.82) is 0 Å². The molecule has 0 aliphatic heterocycles. The van der Waals surface area contributed by atoms with E-state index in [0.29, 0.717) is 17.7 Å². The van der Waals surface area contributed by atoms with E-state index in [4.69, 9.17) is 4.74 Å². The first kappa shape index (κ1) is 17.8. The van der Waals surface area contributed by atoms with Gasteiger partial charge < -0.3 is 9.30 Å². The number of pyridine rings is 1. The lowest BCUT2D eigenvalue weighted by Crippen LogP contribution is -2.11. The molecule has 1 aromatic heterocycles. The van der Waals surface area contributed by atoms with E-state index in [0.717, 1.165) is 22.4 Å². The van der Waals surface area contributed by atoms with Crippen molar-refractivity contribution in [2.45, 2.75) is 6.61 Å². The molecule has 0 unspecified atom stereocenters. The van der Waals surface area contributed by atoms with Crippen molar-refractivity contribution in [3.63, 3.8) is 0 Å². The third-order valence-electron chi connectivity index (χ3n) is 4.63. The molecule has 4 rings (SSSR count). The van der Waals surface area contributed by atoms with Gasteiger partial charge in [0.15, 0.2) is 5.43 Å². The Hall–Kier alpha value is -3.59. The molecule has 0 bridgehead atoms. The highest BCUT2D eigenvalue weighted by atomic mass is 16.5. The van der Waals surface area contributed by atoms with Crippen LogP contribution in [0, 0.1) is 0 Å². The maximum absolute atomic E-state index is 13.2. The minimum Gasteiger partial charge on any atom is -0.489 e. The molecule has 0 N–H and O–H groups in total. The van der Waals surface area contributed by atoms with Crippen LogP contribution in [-0.4, -0.2) is 4.57 Å². The van der Waals surface area contributed by atoms with Gasteiger partial charge in [0.2, 0.25) is 0 Å². The van der Waals surface area contributed by atoms with E-state index in [1.54, 1.807) is 0 Å². The molecule has 0 atom stereocenters. The van der Waals surface area contributed by atoms with Crippen molar-refractivity contribution in [2.24, 2.45) is 7.05 Å². The highest BCUT2D eigenvalue weighted by Gasteiger charge is 2.11. The van der Waals surface area contributed by atoms with Crippen LogP contribution in [0.15, 0.2) is 102 Å². The molecule has 138 valence electrons. The van der Waals surface area contributed by atoms with Crippen LogP contribution in [0.4, 0.5) is 0 Å². The van der Waals surface area contributed by atoms with E-state index in [1.807, 2.05) is 109 Å². The van der Waals surface area contributed by atoms with Crippen LogP contribution in [0.25, 0.3) is 22.3 Å². The average Bonchev–Trinajstić information content (AvgIpc) is 2.75. The number of hydrogen-bond donors (Lipinski definition) is 0. The number of ether oxygens (including phenoxy) is 1. The minimum absolute atomic E-state index is 0.0181. The monoisotopic (exact) mass is 367 g/mol. The fraction of sp³-hybridized carbons (Fsp3) is 0.0800. The molecule has 3 aromatic carbocycles. The second-order valence-electron chi connectivity index (χ2n) is 6.75. The topological polar surface area (TPSA) is 31.2 Å². The van der Waals surface area contributed by atoms with Crippen LogP contribution in [0.1, 0.15) is 5.56 Å². The molecule has 0 spiro atoms. The number of aromatic nitrogens is 1. The standard InChI is InChI=1S/C25H21NO2/c1-26-16-23(20-11-6-3-7-12-20)25(27)24(17-26)21-13-8-14-22(15-21)28-18-19-9-4-2-5-10-19/h2-17H,18H2,1H3. The Labute approximate surface area is 164 Å². The lowest BCUT2D eigenvalue weighted by Gasteiger charge is -2.11. The molecule has 4 aromatic rings. The zero-order chi connectivity index (χ0) is 19.3. The summed E-state index contributed by atoms with van der Waals surface area (Å²) in [4.78, 5) is 13.2. The smallest absolute Gasteiger partial charge is 0.197 e. The number of aryl methyl sites for hydroxylation is 1. The van der Waals surface area contributed by atoms with Gasteiger partial charge in [-0.2, -0.15) is 0 Å². The van der Waals surface area contributed by atoms with Crippen LogP contribution in [0.5, 0.6) is 5.75 Å². The molecule has 0 aliphatic rings. The van der Waals surface area contributed by atoms with Gasteiger partial charge in [-0.25, -0.2) is 0 Å². The first-order valence-electron chi connectivity index (χ1n) is 9.23. The zero-order valence-electron chi connectivity index (χ0n) is 15.7. The summed E-state index contributed by atoms with van der Waals surface area (Å²) < 4.78 is 7.86. The molecule has 0 amide bonds. The second kappa shape index (κ2) is 7.97. The Morgan fingerprint density at radius 3 is 2.07 bits per heavy atom. The van der Waals surface area contributed by atoms with Crippen LogP contribution < -0.4 is 10.2 Å². The highest BCUT2D eigenvalue weighted by molar-refractivity contribution is 5.72. The van der Waals surface area contributed by atoms with Crippen molar-refractivity contribution >= 4 is 0 Å². The number of hydrogen-bond acceptors (Lipinski definition) is 2. The predicted molar refractivity (Wildman–Crippen MR) is 113 cm³/mol. The molecule has 1 heterocycles. The van der Waals surface area contributed by atoms with Crippen molar-refractivity contribution in [1.82, 2.24) is 4.57 Å². The lowest BCUT2D eigenvalue weighted by atomic mass is 10.0. The van der Waals surface area contributed by atoms with E-state index in [1.165, 1.54) is 0 Å². The number of benzene rings is 3. The highest BCUT2D eigenvalue weighted by Crippen LogP contribution is 2.24. The average molecular weight is 367 g/mol. The van der Waals surface area contributed by atoms with Gasteiger partial charge in [-0.15, -0.1) is 0 Å². The summed E-state index contributed by atoms with van der Waals surface area (Å²) in [6.07, 6.45) is 3.74. The largest absolute Gasteiger partial charge is 0.489 e. The third kappa shape index (κ3) is 3.89. The quantitative estimate of drug-likeness (QED) is 0.479. The van der Waals surface area contributed by atoms with E-state index < -0.39 is 0 Å². The zero-order valence-corrected chi connectivity index (χ0v) is 15.7. The molecule has 0 saturated heterocycles. The molecular weight excluding hydrogens is 346 g/mol. The van der Waals surface area contributed by atoms with Gasteiger partial charge in [0.1, 0.15) is 12.4 Å². The maximum Gasteiger partial charge on any atom is 0.197 e. The summed E-state index contributed by atoms with van der Waals surface area (Å²) in [5.74, 6) is 0.744. The Morgan fingerprint density at radius 2 is 1.36 bits per heavy atom. The summed E-state index contributed by atoms with van der Waals surface area (Å²) in [6, 6.07) is 27.5. The summed E-state index contributed by atoms with van der Waals surface area (Å²) in [5.41, 5.74) is 4.25. The van der Waals surface area contributed by atoms with Gasteiger partial charge in [-0.05, 0) is 28.8 Å². The first-order valence-corrected chi connectivity index (χ1v) is 9.23. The van der Waals surface area contributed by atoms with Crippen molar-refractivity contribution in [3.8, 4) is 28.0 Å². The van der Waals surface area contributed by atoms with Gasteiger partial charge in [0.25, 0.3) is 0 Å². The van der Waals surface area contributed by atoms with Crippen molar-refractivity contribution in [2.75, 3.05) is 0 Å². The second-order valence-corrected chi connectivity index (χ2v) is 6.75. The fourth-order valence-electron chi connectivity index (χ4n) is 3.23. The molecule has 0 aliphatic carbocycles. The summed E-state index contributed by atoms with van der Waals surface area (Å²) >= 11 is 0. The van der Waals surface area contributed by atoms with Gasteiger partial charge in [0, 0.05) is 30.6 Å². The number of nitrogens with zero attached hydrogens (tertiary/aromatic N) is 1. The minimum atomic E-state index is 0.0181. The van der Waals surface area contributed by atoms with Gasteiger partial charge in [0.05, 0.1) is 0 Å². The lowest BCUT2D eigenvalue weighted by molar-refractivity contribution is 0.306. The molecular formula is C25H21NO2. The van der Waals surface area contributed by atoms with E-state index in [2.05, 4.69) is 0 Å². The Morgan fingerprint density at radius 1 is 0.750 bits per heavy atom. The molecule has 0 fully saturated rings. The van der Waals surface area contributed by atoms with Gasteiger partial charge in [-0.1, -0.05) is 72.8 Å². The van der Waals surface area contributed by atoms with Crippen molar-refractivity contribution < 1.29 is 4.74 Å². The first-order chi connectivity index (χ1) is 13.7. The molecule has 3 heteroatoms. The Kier molecular flexibility index (Phi) is 5.07. The summed E-state index contributed by atoms with van der Waals surface area (Å²) in [5, 5.41) is 0. The van der Waals surface area contributed by atoms with Gasteiger partial charge in [-0.3, -0.25) is 4.79 Å². The van der Waals surface area contributed by atoms with Crippen LogP contribution in [-0.2, 0) is 13.7 Å². The van der Waals surface area contributed by atoms with E-state index in [9.17, 15) is 4.79 Å². The summed E-state index contributed by atoms with van der Waals surface area (Å²) in [6.45, 7) is 0.492. The Balaban J connectivity index is 1.68. The SMILES string of the molecule is Cn1cc(-c2ccccc2)c(=O)c(-c2cccc(OCc3ccccc3)c2)c1. The van der Waals surface area contributed by atoms with Crippen LogP contribution in [0.2, 0.25) is 0 Å². The molecule has 0 radical (unpaired) electrons. The molecule has 3 nitrogen and oxygen atoms in total. The maximum atomic E-state index is 13.2. The van der Waals surface area contributed by atoms with E-state index >= 15 is 0 Å². The van der Waals surface area contributed by atoms with Crippen LogP contribution >= 0.6 is 0 Å². The number of rotatable bonds is 5. The molecule has 0 saturated carbocycles. The van der Waals surface area contributed by atoms with Crippen LogP contribution in [0.3, 0.4) is 0 Å².